The first-order chi connectivity index (χ1) is 6.15. The fourth-order valence-corrected chi connectivity index (χ4v) is 0.964. The number of halogens is 2. The molecule has 2 nitrogen and oxygen atoms in total. The van der Waals surface area contributed by atoms with Crippen molar-refractivity contribution in [3.8, 4) is 11.5 Å². The number of ether oxygens (including phenoxy) is 1. The monoisotopic (exact) mass is 188 g/mol. The molecule has 0 radical (unpaired) electrons. The molecule has 1 N–H and O–H groups in total. The molecule has 0 saturated carbocycles. The van der Waals surface area contributed by atoms with Crippen molar-refractivity contribution in [3.63, 3.8) is 0 Å². The molecule has 0 amide bonds. The molecule has 0 fully saturated rings. The molecule has 0 atom stereocenters. The minimum Gasteiger partial charge on any atom is -0.507 e. The summed E-state index contributed by atoms with van der Waals surface area (Å²) < 4.78 is 29.5. The zero-order valence-electron chi connectivity index (χ0n) is 7.13. The summed E-state index contributed by atoms with van der Waals surface area (Å²) in [5.74, 6) is -0.0611. The molecule has 0 aliphatic carbocycles. The fraction of sp³-hybridized carbons (Fsp3) is 0.333. The summed E-state index contributed by atoms with van der Waals surface area (Å²) in [6.07, 6.45) is -2.68. The lowest BCUT2D eigenvalue weighted by molar-refractivity contribution is 0.147. The number of rotatable bonds is 3. The van der Waals surface area contributed by atoms with Crippen LogP contribution in [-0.2, 0) is 0 Å². The van der Waals surface area contributed by atoms with Crippen LogP contribution in [0.2, 0.25) is 0 Å². The summed E-state index contributed by atoms with van der Waals surface area (Å²) >= 11 is 0. The van der Waals surface area contributed by atoms with Crippen LogP contribution in [0.3, 0.4) is 0 Å². The molecule has 13 heavy (non-hydrogen) atoms. The van der Waals surface area contributed by atoms with E-state index in [4.69, 9.17) is 9.84 Å². The van der Waals surface area contributed by atoms with Crippen LogP contribution >= 0.6 is 0 Å². The first-order valence-electron chi connectivity index (χ1n) is 3.89. The van der Waals surface area contributed by atoms with Gasteiger partial charge in [-0.1, -0.05) is 0 Å². The average molecular weight is 188 g/mol. The molecule has 0 heterocycles. The summed E-state index contributed by atoms with van der Waals surface area (Å²) in [6, 6.07) is 3.79. The Bertz CT molecular complexity index is 287. The molecule has 0 bridgehead atoms. The number of phenols is 1. The number of aromatic hydroxyl groups is 1. The van der Waals surface area contributed by atoms with Gasteiger partial charge < -0.3 is 9.84 Å². The van der Waals surface area contributed by atoms with Gasteiger partial charge in [-0.05, 0) is 25.1 Å². The Kier molecular flexibility index (Phi) is 3.06. The van der Waals surface area contributed by atoms with Gasteiger partial charge in [0.25, 0.3) is 6.43 Å². The Hall–Kier alpha value is -1.32. The number of hydrogen-bond donors (Lipinski definition) is 1. The second-order valence-electron chi connectivity index (χ2n) is 2.45. The maximum atomic E-state index is 12.2. The predicted molar refractivity (Wildman–Crippen MR) is 44.2 cm³/mol. The second-order valence-corrected chi connectivity index (χ2v) is 2.45. The third kappa shape index (κ3) is 2.31. The minimum absolute atomic E-state index is 0.343. The van der Waals surface area contributed by atoms with E-state index in [0.29, 0.717) is 12.4 Å². The zero-order valence-corrected chi connectivity index (χ0v) is 7.13. The van der Waals surface area contributed by atoms with Gasteiger partial charge in [0.1, 0.15) is 11.5 Å². The maximum Gasteiger partial charge on any atom is 0.267 e. The summed E-state index contributed by atoms with van der Waals surface area (Å²) in [5, 5.41) is 9.04. The molecule has 0 aliphatic heterocycles. The third-order valence-corrected chi connectivity index (χ3v) is 1.55. The Morgan fingerprint density at radius 3 is 2.69 bits per heavy atom. The number of hydrogen-bond acceptors (Lipinski definition) is 2. The van der Waals surface area contributed by atoms with E-state index in [1.165, 1.54) is 12.1 Å². The van der Waals surface area contributed by atoms with Crippen LogP contribution in [0.25, 0.3) is 0 Å². The average Bonchev–Trinajstić information content (AvgIpc) is 2.08. The van der Waals surface area contributed by atoms with Crippen LogP contribution < -0.4 is 4.74 Å². The van der Waals surface area contributed by atoms with Crippen LogP contribution in [-0.4, -0.2) is 11.7 Å². The highest BCUT2D eigenvalue weighted by Crippen LogP contribution is 2.31. The van der Waals surface area contributed by atoms with Crippen LogP contribution in [0, 0.1) is 0 Å². The third-order valence-electron chi connectivity index (χ3n) is 1.55. The van der Waals surface area contributed by atoms with Gasteiger partial charge >= 0.3 is 0 Å². The summed E-state index contributed by atoms with van der Waals surface area (Å²) in [7, 11) is 0. The lowest BCUT2D eigenvalue weighted by Crippen LogP contribution is -1.93. The SMILES string of the molecule is CCOc1ccc(O)c(C(F)F)c1. The van der Waals surface area contributed by atoms with Crippen molar-refractivity contribution in [1.82, 2.24) is 0 Å². The van der Waals surface area contributed by atoms with Gasteiger partial charge in [-0.2, -0.15) is 0 Å². The zero-order chi connectivity index (χ0) is 9.84. The van der Waals surface area contributed by atoms with Crippen LogP contribution in [0.5, 0.6) is 11.5 Å². The molecule has 1 aromatic carbocycles. The molecule has 4 heteroatoms. The van der Waals surface area contributed by atoms with Crippen molar-refractivity contribution in [2.45, 2.75) is 13.3 Å². The van der Waals surface area contributed by atoms with E-state index in [0.717, 1.165) is 6.07 Å². The normalized spacial score (nSPS) is 10.5. The second kappa shape index (κ2) is 4.07. The van der Waals surface area contributed by atoms with Crippen molar-refractivity contribution in [3.05, 3.63) is 23.8 Å². The topological polar surface area (TPSA) is 29.5 Å². The van der Waals surface area contributed by atoms with Gasteiger partial charge in [0.2, 0.25) is 0 Å². The van der Waals surface area contributed by atoms with Crippen LogP contribution in [0.4, 0.5) is 8.78 Å². The largest absolute Gasteiger partial charge is 0.507 e. The van der Waals surface area contributed by atoms with Crippen molar-refractivity contribution in [1.29, 1.82) is 0 Å². The minimum atomic E-state index is -2.68. The van der Waals surface area contributed by atoms with Crippen molar-refractivity contribution in [2.75, 3.05) is 6.61 Å². The fourth-order valence-electron chi connectivity index (χ4n) is 0.964. The number of phenolic OH excluding ortho intramolecular Hbond substituents is 1. The lowest BCUT2D eigenvalue weighted by atomic mass is 10.2. The van der Waals surface area contributed by atoms with Crippen LogP contribution in [0.15, 0.2) is 18.2 Å². The molecule has 72 valence electrons. The van der Waals surface area contributed by atoms with Crippen molar-refractivity contribution < 1.29 is 18.6 Å². The lowest BCUT2D eigenvalue weighted by Gasteiger charge is -2.07. The van der Waals surface area contributed by atoms with E-state index in [1.807, 2.05) is 0 Å². The van der Waals surface area contributed by atoms with Crippen molar-refractivity contribution in [2.24, 2.45) is 0 Å². The van der Waals surface area contributed by atoms with Gasteiger partial charge in [0.05, 0.1) is 12.2 Å². The van der Waals surface area contributed by atoms with E-state index < -0.39 is 17.7 Å². The first kappa shape index (κ1) is 9.77. The standard InChI is InChI=1S/C9H10F2O2/c1-2-13-6-3-4-8(12)7(5-6)9(10)11/h3-5,9,12H,2H2,1H3. The Balaban J connectivity index is 2.97. The molecule has 0 aromatic heterocycles. The summed E-state index contributed by atoms with van der Waals surface area (Å²) in [6.45, 7) is 2.17. The predicted octanol–water partition coefficient (Wildman–Crippen LogP) is 2.73. The molecule has 0 unspecified atom stereocenters. The highest BCUT2D eigenvalue weighted by Gasteiger charge is 2.13. The van der Waals surface area contributed by atoms with Gasteiger partial charge in [0.15, 0.2) is 0 Å². The van der Waals surface area contributed by atoms with Gasteiger partial charge in [0, 0.05) is 0 Å². The van der Waals surface area contributed by atoms with E-state index in [9.17, 15) is 8.78 Å². The van der Waals surface area contributed by atoms with E-state index in [-0.39, 0.29) is 0 Å². The molecule has 0 saturated heterocycles. The van der Waals surface area contributed by atoms with Gasteiger partial charge in [-0.3, -0.25) is 0 Å². The molecule has 1 rings (SSSR count). The first-order valence-corrected chi connectivity index (χ1v) is 3.89. The summed E-state index contributed by atoms with van der Waals surface area (Å²) in [5.41, 5.74) is -0.397. The molecule has 0 aliphatic rings. The molecule has 1 aromatic rings. The molecule has 0 spiro atoms. The van der Waals surface area contributed by atoms with E-state index in [2.05, 4.69) is 0 Å². The number of benzene rings is 1. The highest BCUT2D eigenvalue weighted by atomic mass is 19.3. The quantitative estimate of drug-likeness (QED) is 0.790. The summed E-state index contributed by atoms with van der Waals surface area (Å²) in [4.78, 5) is 0. The van der Waals surface area contributed by atoms with Gasteiger partial charge in [-0.15, -0.1) is 0 Å². The Morgan fingerprint density at radius 2 is 2.15 bits per heavy atom. The van der Waals surface area contributed by atoms with E-state index >= 15 is 0 Å². The molecular formula is C9H10F2O2. The van der Waals surface area contributed by atoms with Crippen LogP contribution in [0.1, 0.15) is 18.9 Å². The Labute approximate surface area is 74.8 Å². The number of alkyl halides is 2. The van der Waals surface area contributed by atoms with E-state index in [1.54, 1.807) is 6.92 Å². The van der Waals surface area contributed by atoms with Gasteiger partial charge in [-0.25, -0.2) is 8.78 Å². The highest BCUT2D eigenvalue weighted by molar-refractivity contribution is 5.39. The van der Waals surface area contributed by atoms with Crippen molar-refractivity contribution >= 4 is 0 Å². The maximum absolute atomic E-state index is 12.2. The molecular weight excluding hydrogens is 178 g/mol. The Morgan fingerprint density at radius 1 is 1.46 bits per heavy atom. The smallest absolute Gasteiger partial charge is 0.267 e.